The predicted octanol–water partition coefficient (Wildman–Crippen LogP) is 6.77. The molecule has 0 fully saturated rings. The van der Waals surface area contributed by atoms with Crippen molar-refractivity contribution in [1.29, 1.82) is 0 Å². The van der Waals surface area contributed by atoms with E-state index in [1.165, 1.54) is 0 Å². The van der Waals surface area contributed by atoms with E-state index < -0.39 is 11.6 Å². The van der Waals surface area contributed by atoms with E-state index in [-0.39, 0.29) is 11.8 Å². The maximum absolute atomic E-state index is 13.6. The van der Waals surface area contributed by atoms with Gasteiger partial charge in [0.05, 0.1) is 0 Å². The highest BCUT2D eigenvalue weighted by Crippen LogP contribution is 2.22. The van der Waals surface area contributed by atoms with E-state index in [0.717, 1.165) is 28.2 Å². The number of rotatable bonds is 11. The van der Waals surface area contributed by atoms with Gasteiger partial charge in [0.25, 0.3) is 0 Å². The van der Waals surface area contributed by atoms with Crippen molar-refractivity contribution in [3.63, 3.8) is 0 Å². The number of nitrogens with one attached hydrogen (secondary N) is 1. The fraction of sp³-hybridized carbons (Fsp3) is 0.333. The summed E-state index contributed by atoms with van der Waals surface area (Å²) >= 11 is 7.68. The van der Waals surface area contributed by atoms with Crippen LogP contribution in [0.15, 0.2) is 89.8 Å². The molecule has 0 aliphatic rings. The maximum atomic E-state index is 13.6. The minimum Gasteiger partial charge on any atom is -0.350 e. The van der Waals surface area contributed by atoms with Crippen LogP contribution in [-0.2, 0) is 22.6 Å². The van der Waals surface area contributed by atoms with Crippen LogP contribution in [-0.4, -0.2) is 34.0 Å². The first-order valence-corrected chi connectivity index (χ1v) is 13.7. The van der Waals surface area contributed by atoms with E-state index in [1.807, 2.05) is 106 Å². The topological polar surface area (TPSA) is 49.4 Å². The number of hydrogen-bond donors (Lipinski definition) is 1. The minimum absolute atomic E-state index is 0.0134. The third-order valence-corrected chi connectivity index (χ3v) is 6.93. The van der Waals surface area contributed by atoms with Crippen molar-refractivity contribution < 1.29 is 9.59 Å². The number of nitrogens with zero attached hydrogens (tertiary/aromatic N) is 1. The van der Waals surface area contributed by atoms with E-state index in [1.54, 1.807) is 16.7 Å². The Hall–Kier alpha value is -2.76. The molecule has 0 saturated carbocycles. The predicted molar refractivity (Wildman–Crippen MR) is 150 cm³/mol. The first kappa shape index (κ1) is 27.8. The zero-order valence-corrected chi connectivity index (χ0v) is 22.8. The molecule has 0 saturated heterocycles. The fourth-order valence-electron chi connectivity index (χ4n) is 3.87. The first-order chi connectivity index (χ1) is 17.2. The van der Waals surface area contributed by atoms with Gasteiger partial charge in [-0.3, -0.25) is 9.59 Å². The first-order valence-electron chi connectivity index (χ1n) is 12.3. The molecule has 3 aromatic rings. The number of thioether (sulfide) groups is 1. The lowest BCUT2D eigenvalue weighted by Gasteiger charge is -2.34. The molecule has 4 nitrogen and oxygen atoms in total. The number of halogens is 1. The zero-order valence-electron chi connectivity index (χ0n) is 21.2. The van der Waals surface area contributed by atoms with Gasteiger partial charge in [-0.2, -0.15) is 0 Å². The van der Waals surface area contributed by atoms with Crippen molar-refractivity contribution in [3.8, 4) is 0 Å². The van der Waals surface area contributed by atoms with Gasteiger partial charge in [0.15, 0.2) is 0 Å². The van der Waals surface area contributed by atoms with Gasteiger partial charge in [0.2, 0.25) is 11.8 Å². The Morgan fingerprint density at radius 2 is 1.47 bits per heavy atom. The van der Waals surface area contributed by atoms with Crippen LogP contribution < -0.4 is 5.32 Å². The number of carbonyl (C=O) groups excluding carboxylic acids is 2. The molecule has 6 heteroatoms. The SMILES string of the molecule is CC(C)(C)NC(=O)[C@@H](Cc1ccccc1)N(Cc1ccccc1)C(=O)CCCSc1ccc(Cl)cc1. The summed E-state index contributed by atoms with van der Waals surface area (Å²) < 4.78 is 0. The van der Waals surface area contributed by atoms with Gasteiger partial charge in [0, 0.05) is 34.8 Å². The van der Waals surface area contributed by atoms with Gasteiger partial charge in [-0.25, -0.2) is 0 Å². The highest BCUT2D eigenvalue weighted by molar-refractivity contribution is 7.99. The van der Waals surface area contributed by atoms with Gasteiger partial charge in [-0.05, 0) is 68.3 Å². The molecule has 2 amide bonds. The second-order valence-corrected chi connectivity index (χ2v) is 11.5. The van der Waals surface area contributed by atoms with E-state index in [0.29, 0.717) is 24.4 Å². The summed E-state index contributed by atoms with van der Waals surface area (Å²) in [5, 5.41) is 3.82. The third-order valence-electron chi connectivity index (χ3n) is 5.58. The molecule has 0 radical (unpaired) electrons. The molecule has 190 valence electrons. The molecule has 3 aromatic carbocycles. The summed E-state index contributed by atoms with van der Waals surface area (Å²) in [7, 11) is 0. The smallest absolute Gasteiger partial charge is 0.243 e. The van der Waals surface area contributed by atoms with Gasteiger partial charge < -0.3 is 10.2 Å². The Morgan fingerprint density at radius 1 is 0.889 bits per heavy atom. The summed E-state index contributed by atoms with van der Waals surface area (Å²) in [6.07, 6.45) is 1.55. The van der Waals surface area contributed by atoms with Crippen molar-refractivity contribution in [2.24, 2.45) is 0 Å². The summed E-state index contributed by atoms with van der Waals surface area (Å²) in [5.74, 6) is 0.663. The quantitative estimate of drug-likeness (QED) is 0.223. The Bertz CT molecular complexity index is 1100. The Balaban J connectivity index is 1.78. The van der Waals surface area contributed by atoms with Crippen molar-refractivity contribution in [2.75, 3.05) is 5.75 Å². The molecular weight excluding hydrogens is 488 g/mol. The number of carbonyl (C=O) groups is 2. The van der Waals surface area contributed by atoms with Crippen LogP contribution in [0.1, 0.15) is 44.7 Å². The maximum Gasteiger partial charge on any atom is 0.243 e. The molecular formula is C30H35ClN2O2S. The van der Waals surface area contributed by atoms with Crippen LogP contribution in [0.2, 0.25) is 5.02 Å². The lowest BCUT2D eigenvalue weighted by atomic mass is 10.00. The average Bonchev–Trinajstić information content (AvgIpc) is 2.85. The Morgan fingerprint density at radius 3 is 2.06 bits per heavy atom. The molecule has 0 bridgehead atoms. The largest absolute Gasteiger partial charge is 0.350 e. The molecule has 1 atom stereocenters. The normalized spacial score (nSPS) is 12.1. The van der Waals surface area contributed by atoms with Crippen LogP contribution >= 0.6 is 23.4 Å². The summed E-state index contributed by atoms with van der Waals surface area (Å²) in [4.78, 5) is 30.0. The van der Waals surface area contributed by atoms with Crippen LogP contribution in [0.5, 0.6) is 0 Å². The highest BCUT2D eigenvalue weighted by atomic mass is 35.5. The molecule has 0 aliphatic carbocycles. The van der Waals surface area contributed by atoms with Crippen molar-refractivity contribution >= 4 is 35.2 Å². The average molecular weight is 523 g/mol. The molecule has 0 heterocycles. The highest BCUT2D eigenvalue weighted by Gasteiger charge is 2.31. The minimum atomic E-state index is -0.608. The fourth-order valence-corrected chi connectivity index (χ4v) is 4.85. The summed E-state index contributed by atoms with van der Waals surface area (Å²) in [6.45, 7) is 6.27. The van der Waals surface area contributed by atoms with Gasteiger partial charge in [-0.15, -0.1) is 11.8 Å². The van der Waals surface area contributed by atoms with Crippen LogP contribution in [0.4, 0.5) is 0 Å². The molecule has 36 heavy (non-hydrogen) atoms. The van der Waals surface area contributed by atoms with Crippen LogP contribution in [0, 0.1) is 0 Å². The second-order valence-electron chi connectivity index (χ2n) is 9.86. The molecule has 0 aromatic heterocycles. The molecule has 0 spiro atoms. The Labute approximate surface area is 224 Å². The third kappa shape index (κ3) is 9.36. The standard InChI is InChI=1S/C30H35ClN2O2S/c1-30(2,3)32-29(35)27(21-23-11-6-4-7-12-23)33(22-24-13-8-5-9-14-24)28(34)15-10-20-36-26-18-16-25(31)17-19-26/h4-9,11-14,16-19,27H,10,15,20-22H2,1-3H3,(H,32,35)/t27-/m1/s1. The van der Waals surface area contributed by atoms with Gasteiger partial charge in [0.1, 0.15) is 6.04 Å². The van der Waals surface area contributed by atoms with Crippen molar-refractivity contribution in [1.82, 2.24) is 10.2 Å². The van der Waals surface area contributed by atoms with Gasteiger partial charge in [-0.1, -0.05) is 72.3 Å². The molecule has 1 N–H and O–H groups in total. The van der Waals surface area contributed by atoms with Crippen LogP contribution in [0.3, 0.4) is 0 Å². The number of benzene rings is 3. The molecule has 3 rings (SSSR count). The zero-order chi connectivity index (χ0) is 26.0. The van der Waals surface area contributed by atoms with Crippen molar-refractivity contribution in [3.05, 3.63) is 101 Å². The van der Waals surface area contributed by atoms with Crippen LogP contribution in [0.25, 0.3) is 0 Å². The second kappa shape index (κ2) is 13.5. The summed E-state index contributed by atoms with van der Waals surface area (Å²) in [5.41, 5.74) is 1.63. The van der Waals surface area contributed by atoms with E-state index >= 15 is 0 Å². The molecule has 0 aliphatic heterocycles. The molecule has 0 unspecified atom stereocenters. The monoisotopic (exact) mass is 522 g/mol. The van der Waals surface area contributed by atoms with E-state index in [4.69, 9.17) is 11.6 Å². The Kier molecular flexibility index (Phi) is 10.4. The van der Waals surface area contributed by atoms with Gasteiger partial charge >= 0.3 is 0 Å². The number of hydrogen-bond acceptors (Lipinski definition) is 3. The van der Waals surface area contributed by atoms with Crippen molar-refractivity contribution in [2.45, 2.75) is 63.1 Å². The van der Waals surface area contributed by atoms with E-state index in [9.17, 15) is 9.59 Å². The van der Waals surface area contributed by atoms with E-state index in [2.05, 4.69) is 5.32 Å². The lowest BCUT2D eigenvalue weighted by molar-refractivity contribution is -0.142. The lowest BCUT2D eigenvalue weighted by Crippen LogP contribution is -2.54. The number of amides is 2. The summed E-state index contributed by atoms with van der Waals surface area (Å²) in [6, 6.07) is 26.9.